The molecule has 2 heteroatoms. The zero-order valence-electron chi connectivity index (χ0n) is 9.02. The summed E-state index contributed by atoms with van der Waals surface area (Å²) in [7, 11) is 0. The largest absolute Gasteiger partial charge is 0.506 e. The summed E-state index contributed by atoms with van der Waals surface area (Å²) in [5.41, 5.74) is 4.15. The Morgan fingerprint density at radius 2 is 2.21 bits per heavy atom. The Kier molecular flexibility index (Phi) is 3.18. The molecule has 2 N–H and O–H groups in total. The average molecular weight is 191 g/mol. The van der Waals surface area contributed by atoms with E-state index in [-0.39, 0.29) is 5.76 Å². The molecular formula is C12H17NO. The van der Waals surface area contributed by atoms with Crippen LogP contribution in [0.4, 0.5) is 0 Å². The third-order valence-electron chi connectivity index (χ3n) is 2.39. The summed E-state index contributed by atoms with van der Waals surface area (Å²) in [6.45, 7) is 9.61. The summed E-state index contributed by atoms with van der Waals surface area (Å²) < 4.78 is 0. The summed E-state index contributed by atoms with van der Waals surface area (Å²) in [4.78, 5) is 3.16. The Morgan fingerprint density at radius 1 is 1.57 bits per heavy atom. The molecule has 0 amide bonds. The van der Waals surface area contributed by atoms with Crippen LogP contribution in [0.5, 0.6) is 0 Å². The summed E-state index contributed by atoms with van der Waals surface area (Å²) in [5, 5.41) is 9.36. The second kappa shape index (κ2) is 4.18. The van der Waals surface area contributed by atoms with Crippen molar-refractivity contribution >= 4 is 11.8 Å². The monoisotopic (exact) mass is 191 g/mol. The standard InChI is InChI=1S/C12H17NO/c1-5-7-11-10(6-2)8(3)12(13-11)9(4)14/h5,7,13-14H,4,6H2,1-3H3. The Balaban J connectivity index is 3.31. The van der Waals surface area contributed by atoms with Gasteiger partial charge in [0.25, 0.3) is 0 Å². The van der Waals surface area contributed by atoms with Crippen molar-refractivity contribution in [2.75, 3.05) is 0 Å². The van der Waals surface area contributed by atoms with Crippen LogP contribution < -0.4 is 0 Å². The Hall–Kier alpha value is -1.44. The smallest absolute Gasteiger partial charge is 0.132 e. The summed E-state index contributed by atoms with van der Waals surface area (Å²) >= 11 is 0. The molecule has 0 fully saturated rings. The normalized spacial score (nSPS) is 11.1. The van der Waals surface area contributed by atoms with Gasteiger partial charge in [-0.15, -0.1) is 0 Å². The second-order valence-electron chi connectivity index (χ2n) is 3.32. The van der Waals surface area contributed by atoms with E-state index >= 15 is 0 Å². The molecule has 2 nitrogen and oxygen atoms in total. The molecule has 1 rings (SSSR count). The number of H-pyrrole nitrogens is 1. The van der Waals surface area contributed by atoms with Crippen molar-refractivity contribution in [3.63, 3.8) is 0 Å². The minimum atomic E-state index is 0.105. The van der Waals surface area contributed by atoms with E-state index in [0.29, 0.717) is 0 Å². The summed E-state index contributed by atoms with van der Waals surface area (Å²) in [6, 6.07) is 0. The SMILES string of the molecule is C=C(O)c1[nH]c(C=CC)c(CC)c1C. The van der Waals surface area contributed by atoms with Crippen LogP contribution in [0.15, 0.2) is 12.7 Å². The molecule has 1 heterocycles. The average Bonchev–Trinajstić information content (AvgIpc) is 2.43. The third-order valence-corrected chi connectivity index (χ3v) is 2.39. The van der Waals surface area contributed by atoms with Gasteiger partial charge in [-0.2, -0.15) is 0 Å². The van der Waals surface area contributed by atoms with Gasteiger partial charge in [0.15, 0.2) is 0 Å². The van der Waals surface area contributed by atoms with Crippen molar-refractivity contribution in [1.29, 1.82) is 0 Å². The Bertz CT molecular complexity index is 372. The van der Waals surface area contributed by atoms with Crippen molar-refractivity contribution in [1.82, 2.24) is 4.98 Å². The first-order chi connectivity index (χ1) is 6.61. The van der Waals surface area contributed by atoms with E-state index in [0.717, 1.165) is 23.4 Å². The number of hydrogen-bond donors (Lipinski definition) is 2. The van der Waals surface area contributed by atoms with Gasteiger partial charge in [0.2, 0.25) is 0 Å². The number of nitrogens with one attached hydrogen (secondary N) is 1. The zero-order chi connectivity index (χ0) is 10.7. The predicted octanol–water partition coefficient (Wildman–Crippen LogP) is 3.45. The molecule has 0 saturated carbocycles. The van der Waals surface area contributed by atoms with E-state index in [1.54, 1.807) is 0 Å². The minimum absolute atomic E-state index is 0.105. The fourth-order valence-electron chi connectivity index (χ4n) is 1.71. The molecule has 0 spiro atoms. The lowest BCUT2D eigenvalue weighted by Gasteiger charge is -1.97. The minimum Gasteiger partial charge on any atom is -0.506 e. The summed E-state index contributed by atoms with van der Waals surface area (Å²) in [5.74, 6) is 0.105. The van der Waals surface area contributed by atoms with Gasteiger partial charge in [-0.3, -0.25) is 0 Å². The van der Waals surface area contributed by atoms with Crippen LogP contribution in [0.2, 0.25) is 0 Å². The lowest BCUT2D eigenvalue weighted by molar-refractivity contribution is 0.510. The maximum absolute atomic E-state index is 9.36. The highest BCUT2D eigenvalue weighted by Gasteiger charge is 2.11. The number of rotatable bonds is 3. The number of allylic oxidation sites excluding steroid dienone is 1. The molecule has 0 saturated heterocycles. The highest BCUT2D eigenvalue weighted by atomic mass is 16.3. The van der Waals surface area contributed by atoms with E-state index in [1.807, 2.05) is 26.0 Å². The highest BCUT2D eigenvalue weighted by Crippen LogP contribution is 2.23. The molecule has 0 radical (unpaired) electrons. The van der Waals surface area contributed by atoms with Gasteiger partial charge in [0.1, 0.15) is 5.76 Å². The van der Waals surface area contributed by atoms with Crippen LogP contribution in [0.25, 0.3) is 11.8 Å². The van der Waals surface area contributed by atoms with Crippen molar-refractivity contribution < 1.29 is 5.11 Å². The predicted molar refractivity (Wildman–Crippen MR) is 61.3 cm³/mol. The van der Waals surface area contributed by atoms with Crippen LogP contribution in [-0.4, -0.2) is 10.1 Å². The van der Waals surface area contributed by atoms with Crippen molar-refractivity contribution in [3.05, 3.63) is 35.2 Å². The molecule has 0 unspecified atom stereocenters. The van der Waals surface area contributed by atoms with Crippen LogP contribution in [0, 0.1) is 6.92 Å². The van der Waals surface area contributed by atoms with E-state index in [9.17, 15) is 5.11 Å². The second-order valence-corrected chi connectivity index (χ2v) is 3.32. The quantitative estimate of drug-likeness (QED) is 0.705. The van der Waals surface area contributed by atoms with Crippen LogP contribution in [0.3, 0.4) is 0 Å². The molecule has 1 aromatic heterocycles. The van der Waals surface area contributed by atoms with Gasteiger partial charge < -0.3 is 10.1 Å². The lowest BCUT2D eigenvalue weighted by Crippen LogP contribution is -1.85. The topological polar surface area (TPSA) is 36.0 Å². The van der Waals surface area contributed by atoms with Crippen molar-refractivity contribution in [2.45, 2.75) is 27.2 Å². The van der Waals surface area contributed by atoms with Gasteiger partial charge in [0.05, 0.1) is 5.69 Å². The van der Waals surface area contributed by atoms with Gasteiger partial charge >= 0.3 is 0 Å². The van der Waals surface area contributed by atoms with Gasteiger partial charge in [-0.05, 0) is 37.5 Å². The molecule has 76 valence electrons. The molecule has 0 atom stereocenters. The fourth-order valence-corrected chi connectivity index (χ4v) is 1.71. The van der Waals surface area contributed by atoms with Gasteiger partial charge in [0, 0.05) is 5.69 Å². The van der Waals surface area contributed by atoms with E-state index < -0.39 is 0 Å². The molecule has 0 aliphatic rings. The van der Waals surface area contributed by atoms with E-state index in [4.69, 9.17) is 0 Å². The van der Waals surface area contributed by atoms with Gasteiger partial charge in [-0.1, -0.05) is 19.6 Å². The van der Waals surface area contributed by atoms with Crippen molar-refractivity contribution in [3.8, 4) is 0 Å². The Morgan fingerprint density at radius 3 is 2.64 bits per heavy atom. The first-order valence-electron chi connectivity index (χ1n) is 4.84. The molecule has 0 aromatic carbocycles. The number of aromatic amines is 1. The summed E-state index contributed by atoms with van der Waals surface area (Å²) in [6.07, 6.45) is 4.95. The molecular weight excluding hydrogens is 174 g/mol. The van der Waals surface area contributed by atoms with Crippen molar-refractivity contribution in [2.24, 2.45) is 0 Å². The van der Waals surface area contributed by atoms with E-state index in [2.05, 4.69) is 18.5 Å². The lowest BCUT2D eigenvalue weighted by atomic mass is 10.1. The molecule has 0 bridgehead atoms. The maximum Gasteiger partial charge on any atom is 0.132 e. The molecule has 14 heavy (non-hydrogen) atoms. The molecule has 1 aromatic rings. The number of aliphatic hydroxyl groups is 1. The first kappa shape index (κ1) is 10.6. The highest BCUT2D eigenvalue weighted by molar-refractivity contribution is 5.64. The van der Waals surface area contributed by atoms with E-state index in [1.165, 1.54) is 5.56 Å². The van der Waals surface area contributed by atoms with Crippen LogP contribution in [-0.2, 0) is 6.42 Å². The first-order valence-corrected chi connectivity index (χ1v) is 4.84. The Labute approximate surface area is 85.0 Å². The van der Waals surface area contributed by atoms with Crippen LogP contribution in [0.1, 0.15) is 36.4 Å². The zero-order valence-corrected chi connectivity index (χ0v) is 9.02. The van der Waals surface area contributed by atoms with Crippen LogP contribution >= 0.6 is 0 Å². The fraction of sp³-hybridized carbons (Fsp3) is 0.333. The molecule has 0 aliphatic carbocycles. The number of hydrogen-bond acceptors (Lipinski definition) is 1. The number of aromatic nitrogens is 1. The number of aliphatic hydroxyl groups excluding tert-OH is 1. The molecule has 0 aliphatic heterocycles. The maximum atomic E-state index is 9.36. The third kappa shape index (κ3) is 1.74. The van der Waals surface area contributed by atoms with Gasteiger partial charge in [-0.25, -0.2) is 0 Å².